The zero-order chi connectivity index (χ0) is 19.2. The first kappa shape index (κ1) is 18.8. The van der Waals surface area contributed by atoms with Gasteiger partial charge in [-0.1, -0.05) is 23.4 Å². The molecule has 1 amide bonds. The molecule has 0 atom stereocenters. The van der Waals surface area contributed by atoms with Gasteiger partial charge in [0.15, 0.2) is 0 Å². The number of aromatic nitrogens is 2. The van der Waals surface area contributed by atoms with E-state index in [4.69, 9.17) is 11.6 Å². The van der Waals surface area contributed by atoms with E-state index in [0.717, 1.165) is 5.56 Å². The Balaban J connectivity index is 1.56. The van der Waals surface area contributed by atoms with Gasteiger partial charge in [-0.05, 0) is 48.5 Å². The lowest BCUT2D eigenvalue weighted by Crippen LogP contribution is -2.14. The van der Waals surface area contributed by atoms with Gasteiger partial charge in [0.05, 0.1) is 16.4 Å². The van der Waals surface area contributed by atoms with Crippen LogP contribution in [0.5, 0.6) is 0 Å². The Hall–Kier alpha value is -2.97. The summed E-state index contributed by atoms with van der Waals surface area (Å²) in [5.74, 6) is 0.0253. The third kappa shape index (κ3) is 5.25. The van der Waals surface area contributed by atoms with E-state index in [1.165, 1.54) is 23.9 Å². The number of halogens is 1. The summed E-state index contributed by atoms with van der Waals surface area (Å²) in [7, 11) is 0. The van der Waals surface area contributed by atoms with Crippen molar-refractivity contribution in [3.8, 4) is 11.3 Å². The number of carbonyl (C=O) groups is 1. The number of rotatable bonds is 6. The van der Waals surface area contributed by atoms with E-state index in [1.54, 1.807) is 48.5 Å². The van der Waals surface area contributed by atoms with E-state index in [-0.39, 0.29) is 17.3 Å². The van der Waals surface area contributed by atoms with Gasteiger partial charge in [0.1, 0.15) is 5.03 Å². The molecule has 0 saturated heterocycles. The maximum atomic E-state index is 12.0. The first-order chi connectivity index (χ1) is 13.0. The van der Waals surface area contributed by atoms with Crippen LogP contribution in [-0.2, 0) is 4.79 Å². The van der Waals surface area contributed by atoms with Crippen molar-refractivity contribution in [1.29, 1.82) is 0 Å². The van der Waals surface area contributed by atoms with Crippen LogP contribution in [0.4, 0.5) is 11.4 Å². The van der Waals surface area contributed by atoms with E-state index in [1.807, 2.05) is 0 Å². The smallest absolute Gasteiger partial charge is 0.269 e. The number of non-ortho nitro benzene ring substituents is 1. The van der Waals surface area contributed by atoms with Crippen molar-refractivity contribution in [1.82, 2.24) is 10.2 Å². The fourth-order valence-corrected chi connectivity index (χ4v) is 2.91. The topological polar surface area (TPSA) is 98.0 Å². The zero-order valence-corrected chi connectivity index (χ0v) is 15.4. The molecule has 0 aliphatic heterocycles. The molecule has 3 aromatic rings. The Morgan fingerprint density at radius 2 is 1.74 bits per heavy atom. The Kier molecular flexibility index (Phi) is 6.00. The highest BCUT2D eigenvalue weighted by molar-refractivity contribution is 7.99. The molecule has 9 heteroatoms. The number of nitrogens with one attached hydrogen (secondary N) is 1. The van der Waals surface area contributed by atoms with Crippen LogP contribution >= 0.6 is 23.4 Å². The minimum Gasteiger partial charge on any atom is -0.325 e. The van der Waals surface area contributed by atoms with Crippen molar-refractivity contribution in [2.24, 2.45) is 0 Å². The van der Waals surface area contributed by atoms with E-state index >= 15 is 0 Å². The lowest BCUT2D eigenvalue weighted by atomic mass is 10.1. The van der Waals surface area contributed by atoms with Gasteiger partial charge >= 0.3 is 0 Å². The molecule has 2 aromatic carbocycles. The lowest BCUT2D eigenvalue weighted by molar-refractivity contribution is -0.384. The number of carbonyl (C=O) groups excluding carboxylic acids is 1. The van der Waals surface area contributed by atoms with Crippen LogP contribution in [-0.4, -0.2) is 26.8 Å². The van der Waals surface area contributed by atoms with Crippen molar-refractivity contribution in [3.05, 3.63) is 75.8 Å². The first-order valence-corrected chi connectivity index (χ1v) is 9.14. The second-order valence-corrected chi connectivity index (χ2v) is 6.84. The standard InChI is InChI=1S/C18H13ClN4O3S/c19-13-3-5-14(6-4-13)20-17(24)11-27-18-10-9-16(21-22-18)12-1-7-15(8-2-12)23(25)26/h1-10H,11H2,(H,20,24). The zero-order valence-electron chi connectivity index (χ0n) is 13.8. The molecule has 0 aliphatic rings. The molecule has 0 spiro atoms. The second-order valence-electron chi connectivity index (χ2n) is 5.40. The minimum atomic E-state index is -0.454. The summed E-state index contributed by atoms with van der Waals surface area (Å²) in [6, 6.07) is 16.4. The van der Waals surface area contributed by atoms with Gasteiger partial charge in [0.2, 0.25) is 5.91 Å². The van der Waals surface area contributed by atoms with Gasteiger partial charge in [-0.2, -0.15) is 0 Å². The molecule has 0 unspecified atom stereocenters. The van der Waals surface area contributed by atoms with Gasteiger partial charge in [-0.3, -0.25) is 14.9 Å². The summed E-state index contributed by atoms with van der Waals surface area (Å²) < 4.78 is 0. The van der Waals surface area contributed by atoms with Crippen molar-refractivity contribution in [3.63, 3.8) is 0 Å². The van der Waals surface area contributed by atoms with Crippen LogP contribution in [0.1, 0.15) is 0 Å². The monoisotopic (exact) mass is 400 g/mol. The van der Waals surface area contributed by atoms with Gasteiger partial charge in [0, 0.05) is 28.4 Å². The summed E-state index contributed by atoms with van der Waals surface area (Å²) in [5, 5.41) is 22.9. The number of amides is 1. The third-order valence-corrected chi connectivity index (χ3v) is 4.67. The van der Waals surface area contributed by atoms with Gasteiger partial charge in [-0.15, -0.1) is 10.2 Å². The molecule has 1 heterocycles. The Morgan fingerprint density at radius 1 is 1.04 bits per heavy atom. The summed E-state index contributed by atoms with van der Waals surface area (Å²) in [6.45, 7) is 0. The molecule has 3 rings (SSSR count). The Labute approximate surface area is 163 Å². The maximum Gasteiger partial charge on any atom is 0.269 e. The highest BCUT2D eigenvalue weighted by Crippen LogP contribution is 2.22. The van der Waals surface area contributed by atoms with Gasteiger partial charge in [0.25, 0.3) is 5.69 Å². The number of thioether (sulfide) groups is 1. The number of hydrogen-bond donors (Lipinski definition) is 1. The van der Waals surface area contributed by atoms with Gasteiger partial charge < -0.3 is 5.32 Å². The summed E-state index contributed by atoms with van der Waals surface area (Å²) >= 11 is 7.07. The van der Waals surface area contributed by atoms with Crippen LogP contribution < -0.4 is 5.32 Å². The second kappa shape index (κ2) is 8.61. The molecule has 136 valence electrons. The molecular formula is C18H13ClN4O3S. The molecule has 0 aliphatic carbocycles. The average Bonchev–Trinajstić information content (AvgIpc) is 2.69. The first-order valence-electron chi connectivity index (χ1n) is 7.78. The van der Waals surface area contributed by atoms with Crippen LogP contribution in [0.2, 0.25) is 5.02 Å². The average molecular weight is 401 g/mol. The van der Waals surface area contributed by atoms with Gasteiger partial charge in [-0.25, -0.2) is 0 Å². The molecular weight excluding hydrogens is 388 g/mol. The number of nitro benzene ring substituents is 1. The minimum absolute atomic E-state index is 0.0191. The lowest BCUT2D eigenvalue weighted by Gasteiger charge is -2.05. The summed E-state index contributed by atoms with van der Waals surface area (Å²) in [6.07, 6.45) is 0. The molecule has 1 N–H and O–H groups in total. The molecule has 0 fully saturated rings. The summed E-state index contributed by atoms with van der Waals surface area (Å²) in [4.78, 5) is 22.2. The molecule has 0 saturated carbocycles. The molecule has 0 bridgehead atoms. The maximum absolute atomic E-state index is 12.0. The third-order valence-electron chi connectivity index (χ3n) is 3.49. The molecule has 0 radical (unpaired) electrons. The molecule has 7 nitrogen and oxygen atoms in total. The van der Waals surface area contributed by atoms with Crippen molar-refractivity contribution in [2.75, 3.05) is 11.1 Å². The Bertz CT molecular complexity index is 948. The van der Waals surface area contributed by atoms with Crippen LogP contribution in [0.15, 0.2) is 65.7 Å². The van der Waals surface area contributed by atoms with E-state index < -0.39 is 4.92 Å². The number of nitro groups is 1. The predicted molar refractivity (Wildman–Crippen MR) is 105 cm³/mol. The quantitative estimate of drug-likeness (QED) is 0.373. The van der Waals surface area contributed by atoms with E-state index in [0.29, 0.717) is 21.4 Å². The number of nitrogens with zero attached hydrogens (tertiary/aromatic N) is 3. The van der Waals surface area contributed by atoms with E-state index in [2.05, 4.69) is 15.5 Å². The number of benzene rings is 2. The van der Waals surface area contributed by atoms with Crippen molar-refractivity contribution in [2.45, 2.75) is 5.03 Å². The normalized spacial score (nSPS) is 10.4. The SMILES string of the molecule is O=C(CSc1ccc(-c2ccc([N+](=O)[O-])cc2)nn1)Nc1ccc(Cl)cc1. The van der Waals surface area contributed by atoms with Crippen molar-refractivity contribution < 1.29 is 9.72 Å². The van der Waals surface area contributed by atoms with Crippen LogP contribution in [0, 0.1) is 10.1 Å². The number of anilines is 1. The largest absolute Gasteiger partial charge is 0.325 e. The van der Waals surface area contributed by atoms with Crippen LogP contribution in [0.25, 0.3) is 11.3 Å². The fourth-order valence-electron chi connectivity index (χ4n) is 2.17. The Morgan fingerprint density at radius 3 is 2.33 bits per heavy atom. The highest BCUT2D eigenvalue weighted by atomic mass is 35.5. The molecule has 27 heavy (non-hydrogen) atoms. The highest BCUT2D eigenvalue weighted by Gasteiger charge is 2.08. The van der Waals surface area contributed by atoms with Crippen molar-refractivity contribution >= 4 is 40.6 Å². The number of hydrogen-bond acceptors (Lipinski definition) is 6. The van der Waals surface area contributed by atoms with E-state index in [9.17, 15) is 14.9 Å². The predicted octanol–water partition coefficient (Wildman–Crippen LogP) is 4.44. The fraction of sp³-hybridized carbons (Fsp3) is 0.0556. The van der Waals surface area contributed by atoms with Crippen LogP contribution in [0.3, 0.4) is 0 Å². The summed E-state index contributed by atoms with van der Waals surface area (Å²) in [5.41, 5.74) is 2.01. The molecule has 1 aromatic heterocycles.